The Kier molecular flexibility index (Phi) is 5.91. The van der Waals surface area contributed by atoms with E-state index in [1.54, 1.807) is 12.1 Å². The van der Waals surface area contributed by atoms with Gasteiger partial charge in [-0.25, -0.2) is 13.4 Å². The van der Waals surface area contributed by atoms with E-state index in [1.807, 2.05) is 0 Å². The topological polar surface area (TPSA) is 89.2 Å². The van der Waals surface area contributed by atoms with Crippen molar-refractivity contribution in [3.63, 3.8) is 0 Å². The molecule has 3 aromatic rings. The molecule has 13 heteroatoms. The van der Waals surface area contributed by atoms with Crippen LogP contribution in [0.25, 0.3) is 10.8 Å². The van der Waals surface area contributed by atoms with Crippen LogP contribution >= 0.6 is 22.9 Å². The fourth-order valence-corrected chi connectivity index (χ4v) is 4.40. The van der Waals surface area contributed by atoms with Gasteiger partial charge < -0.3 is 4.42 Å². The van der Waals surface area contributed by atoms with Gasteiger partial charge in [-0.3, -0.25) is 4.31 Å². The highest BCUT2D eigenvalue weighted by molar-refractivity contribution is 7.92. The van der Waals surface area contributed by atoms with Gasteiger partial charge in [-0.2, -0.15) is 13.2 Å². The number of sulfonamides is 1. The molecule has 0 amide bonds. The van der Waals surface area contributed by atoms with Crippen LogP contribution in [-0.4, -0.2) is 29.4 Å². The highest BCUT2D eigenvalue weighted by Crippen LogP contribution is 2.32. The summed E-state index contributed by atoms with van der Waals surface area (Å²) in [6.07, 6.45) is -3.00. The number of benzene rings is 1. The van der Waals surface area contributed by atoms with Crippen molar-refractivity contribution in [1.82, 2.24) is 15.2 Å². The molecule has 28 heavy (non-hydrogen) atoms. The van der Waals surface area contributed by atoms with E-state index in [4.69, 9.17) is 16.0 Å². The molecular weight excluding hydrogens is 441 g/mol. The summed E-state index contributed by atoms with van der Waals surface area (Å²) in [5, 5.41) is 6.91. The molecule has 0 aliphatic rings. The van der Waals surface area contributed by atoms with Gasteiger partial charge in [0.15, 0.2) is 0 Å². The van der Waals surface area contributed by atoms with Gasteiger partial charge in [0.1, 0.15) is 9.88 Å². The van der Waals surface area contributed by atoms with E-state index in [2.05, 4.69) is 15.2 Å². The highest BCUT2D eigenvalue weighted by atomic mass is 35.5. The fourth-order valence-electron chi connectivity index (χ4n) is 2.22. The fraction of sp³-hybridized carbons (Fsp3) is 0.267. The zero-order valence-corrected chi connectivity index (χ0v) is 16.5. The molecule has 0 saturated heterocycles. The van der Waals surface area contributed by atoms with Gasteiger partial charge in [0.25, 0.3) is 11.8 Å². The number of thiazole rings is 1. The molecular formula is C15H12ClF3N4O3S2. The van der Waals surface area contributed by atoms with E-state index in [-0.39, 0.29) is 27.9 Å². The molecule has 0 radical (unpaired) electrons. The van der Waals surface area contributed by atoms with Crippen molar-refractivity contribution in [2.24, 2.45) is 0 Å². The largest absolute Gasteiger partial charge is 0.414 e. The normalized spacial score (nSPS) is 11.9. The number of alkyl halides is 2. The predicted molar refractivity (Wildman–Crippen MR) is 97.4 cm³/mol. The number of anilines is 1. The zero-order valence-electron chi connectivity index (χ0n) is 14.1. The first kappa shape index (κ1) is 20.6. The minimum absolute atomic E-state index is 0.0706. The molecule has 7 nitrogen and oxygen atoms in total. The van der Waals surface area contributed by atoms with Crippen LogP contribution in [0.4, 0.5) is 18.9 Å². The standard InChI is InChI=1S/C15H12ClF3N4O3S2/c1-2-28(24,25)23(9-5-3-4-8(16)6-9)7-10-20-13(19)11(27-10)14-21-22-15(26-14)12(17)18/h3-6,12H,2,7H2,1H3. The molecule has 0 unspecified atom stereocenters. The molecule has 3 rings (SSSR count). The van der Waals surface area contributed by atoms with Gasteiger partial charge in [-0.1, -0.05) is 17.7 Å². The van der Waals surface area contributed by atoms with Gasteiger partial charge in [0.05, 0.1) is 18.0 Å². The number of aromatic nitrogens is 3. The van der Waals surface area contributed by atoms with Crippen LogP contribution in [0.1, 0.15) is 24.2 Å². The van der Waals surface area contributed by atoms with E-state index >= 15 is 0 Å². The molecule has 2 aromatic heterocycles. The third kappa shape index (κ3) is 4.28. The van der Waals surface area contributed by atoms with Crippen LogP contribution in [0.5, 0.6) is 0 Å². The van der Waals surface area contributed by atoms with Crippen molar-refractivity contribution in [2.45, 2.75) is 19.9 Å². The maximum Gasteiger partial charge on any atom is 0.314 e. The molecule has 0 saturated carbocycles. The molecule has 0 spiro atoms. The number of hydrogen-bond donors (Lipinski definition) is 0. The lowest BCUT2D eigenvalue weighted by Crippen LogP contribution is -2.31. The first-order chi connectivity index (χ1) is 13.2. The van der Waals surface area contributed by atoms with Crippen LogP contribution in [0.2, 0.25) is 5.02 Å². The Hall–Kier alpha value is -2.18. The van der Waals surface area contributed by atoms with E-state index in [0.29, 0.717) is 5.02 Å². The maximum absolute atomic E-state index is 14.2. The second kappa shape index (κ2) is 8.05. The number of halogens is 4. The zero-order chi connectivity index (χ0) is 20.5. The Morgan fingerprint density at radius 2 is 2.07 bits per heavy atom. The number of nitrogens with zero attached hydrogens (tertiary/aromatic N) is 4. The monoisotopic (exact) mass is 452 g/mol. The van der Waals surface area contributed by atoms with Crippen molar-refractivity contribution in [1.29, 1.82) is 0 Å². The minimum Gasteiger partial charge on any atom is -0.414 e. The van der Waals surface area contributed by atoms with E-state index in [9.17, 15) is 21.6 Å². The summed E-state index contributed by atoms with van der Waals surface area (Å²) in [5.74, 6) is -2.63. The molecule has 0 atom stereocenters. The molecule has 0 aliphatic heterocycles. The average Bonchev–Trinajstić information content (AvgIpc) is 3.26. The third-order valence-corrected chi connectivity index (χ3v) is 6.51. The summed E-state index contributed by atoms with van der Waals surface area (Å²) in [6, 6.07) is 6.15. The van der Waals surface area contributed by atoms with E-state index in [1.165, 1.54) is 19.1 Å². The maximum atomic E-state index is 14.2. The lowest BCUT2D eigenvalue weighted by molar-refractivity contribution is 0.116. The van der Waals surface area contributed by atoms with Gasteiger partial charge in [-0.15, -0.1) is 21.5 Å². The average molecular weight is 453 g/mol. The van der Waals surface area contributed by atoms with Crippen molar-refractivity contribution in [3.8, 4) is 10.8 Å². The van der Waals surface area contributed by atoms with Crippen molar-refractivity contribution in [2.75, 3.05) is 10.1 Å². The lowest BCUT2D eigenvalue weighted by Gasteiger charge is -2.22. The SMILES string of the molecule is CCS(=O)(=O)N(Cc1nc(F)c(-c2nnc(C(F)F)o2)s1)c1cccc(Cl)c1. The minimum atomic E-state index is -3.74. The Bertz CT molecular complexity index is 1090. The van der Waals surface area contributed by atoms with Gasteiger partial charge in [-0.05, 0) is 25.1 Å². The van der Waals surface area contributed by atoms with Gasteiger partial charge in [0, 0.05) is 5.02 Å². The smallest absolute Gasteiger partial charge is 0.314 e. The van der Waals surface area contributed by atoms with Crippen LogP contribution in [0, 0.1) is 5.95 Å². The summed E-state index contributed by atoms with van der Waals surface area (Å²) in [6.45, 7) is 1.18. The molecule has 1 aromatic carbocycles. The third-order valence-electron chi connectivity index (χ3n) is 3.53. The van der Waals surface area contributed by atoms with Crippen LogP contribution < -0.4 is 4.31 Å². The van der Waals surface area contributed by atoms with Gasteiger partial charge in [0.2, 0.25) is 16.0 Å². The Morgan fingerprint density at radius 3 is 2.68 bits per heavy atom. The summed E-state index contributed by atoms with van der Waals surface area (Å²) in [5.41, 5.74) is 0.282. The Labute approximate surface area is 166 Å². The molecule has 0 fully saturated rings. The van der Waals surface area contributed by atoms with Crippen molar-refractivity contribution < 1.29 is 26.0 Å². The lowest BCUT2D eigenvalue weighted by atomic mass is 10.3. The van der Waals surface area contributed by atoms with Crippen LogP contribution in [0.15, 0.2) is 28.7 Å². The highest BCUT2D eigenvalue weighted by Gasteiger charge is 2.26. The molecule has 0 bridgehead atoms. The quantitative estimate of drug-likeness (QED) is 0.531. The molecule has 150 valence electrons. The Balaban J connectivity index is 1.96. The van der Waals surface area contributed by atoms with Crippen molar-refractivity contribution >= 4 is 38.6 Å². The van der Waals surface area contributed by atoms with Gasteiger partial charge >= 0.3 is 6.43 Å². The second-order valence-electron chi connectivity index (χ2n) is 5.36. The first-order valence-corrected chi connectivity index (χ1v) is 10.5. The predicted octanol–water partition coefficient (Wildman–Crippen LogP) is 4.28. The first-order valence-electron chi connectivity index (χ1n) is 7.74. The molecule has 0 aliphatic carbocycles. The molecule has 2 heterocycles. The molecule has 0 N–H and O–H groups in total. The second-order valence-corrected chi connectivity index (χ2v) is 9.06. The van der Waals surface area contributed by atoms with E-state index in [0.717, 1.165) is 15.6 Å². The van der Waals surface area contributed by atoms with Crippen molar-refractivity contribution in [3.05, 3.63) is 46.1 Å². The van der Waals surface area contributed by atoms with Crippen LogP contribution in [0.3, 0.4) is 0 Å². The summed E-state index contributed by atoms with van der Waals surface area (Å²) < 4.78 is 70.1. The Morgan fingerprint density at radius 1 is 1.32 bits per heavy atom. The van der Waals surface area contributed by atoms with Crippen LogP contribution in [-0.2, 0) is 16.6 Å². The number of hydrogen-bond acceptors (Lipinski definition) is 7. The summed E-state index contributed by atoms with van der Waals surface area (Å²) >= 11 is 6.66. The summed E-state index contributed by atoms with van der Waals surface area (Å²) in [4.78, 5) is 3.42. The van der Waals surface area contributed by atoms with E-state index < -0.39 is 34.2 Å². The number of rotatable bonds is 7. The summed E-state index contributed by atoms with van der Waals surface area (Å²) in [7, 11) is -3.74.